The van der Waals surface area contributed by atoms with Crippen LogP contribution in [0.5, 0.6) is 0 Å². The van der Waals surface area contributed by atoms with Crippen LogP contribution >= 0.6 is 0 Å². The number of benzene rings is 1. The fraction of sp³-hybridized carbons (Fsp3) is 0.476. The van der Waals surface area contributed by atoms with Gasteiger partial charge in [0.15, 0.2) is 0 Å². The number of imide groups is 1. The summed E-state index contributed by atoms with van der Waals surface area (Å²) in [5.41, 5.74) is 0.782. The van der Waals surface area contributed by atoms with Gasteiger partial charge in [0.05, 0.1) is 17.9 Å². The van der Waals surface area contributed by atoms with Crippen molar-refractivity contribution in [2.45, 2.75) is 45.1 Å². The molecule has 1 aliphatic carbocycles. The molecule has 1 aliphatic heterocycles. The molecule has 0 bridgehead atoms. The van der Waals surface area contributed by atoms with Crippen molar-refractivity contribution in [3.63, 3.8) is 0 Å². The molecule has 0 spiro atoms. The number of para-hydroxylation sites is 1. The topological polar surface area (TPSA) is 79.6 Å². The first-order valence-electron chi connectivity index (χ1n) is 9.67. The summed E-state index contributed by atoms with van der Waals surface area (Å²) in [4.78, 5) is 38.6. The van der Waals surface area contributed by atoms with Gasteiger partial charge >= 0.3 is 0 Å². The third-order valence-electron chi connectivity index (χ3n) is 5.74. The van der Waals surface area contributed by atoms with E-state index in [2.05, 4.69) is 5.32 Å². The molecule has 1 aromatic carbocycles. The normalized spacial score (nSPS) is 23.5. The first kappa shape index (κ1) is 17.8. The minimum absolute atomic E-state index is 0.0946. The Bertz CT molecular complexity index is 830. The molecule has 142 valence electrons. The number of hydrogen-bond acceptors (Lipinski definition) is 4. The molecule has 1 saturated carbocycles. The Morgan fingerprint density at radius 2 is 1.85 bits per heavy atom. The summed E-state index contributed by atoms with van der Waals surface area (Å²) < 4.78 is 5.77. The van der Waals surface area contributed by atoms with Gasteiger partial charge in [-0.3, -0.25) is 19.3 Å². The van der Waals surface area contributed by atoms with Crippen molar-refractivity contribution < 1.29 is 18.8 Å². The molecule has 3 amide bonds. The zero-order valence-electron chi connectivity index (χ0n) is 15.4. The number of rotatable bonds is 5. The number of hydrogen-bond donors (Lipinski definition) is 1. The van der Waals surface area contributed by atoms with E-state index in [0.717, 1.165) is 36.7 Å². The lowest BCUT2D eigenvalue weighted by Crippen LogP contribution is -2.36. The molecule has 1 N–H and O–H groups in total. The lowest BCUT2D eigenvalue weighted by molar-refractivity contribution is -0.140. The summed E-state index contributed by atoms with van der Waals surface area (Å²) in [7, 11) is 0. The molecule has 4 rings (SSSR count). The summed E-state index contributed by atoms with van der Waals surface area (Å²) in [6, 6.07) is 9.32. The molecule has 6 heteroatoms. The predicted octanol–water partition coefficient (Wildman–Crippen LogP) is 3.18. The molecular formula is C21H24N2O4. The summed E-state index contributed by atoms with van der Waals surface area (Å²) in [6.45, 7) is 2.01. The molecule has 2 aliphatic rings. The second kappa shape index (κ2) is 7.18. The number of nitrogens with one attached hydrogen (secondary N) is 1. The van der Waals surface area contributed by atoms with Crippen molar-refractivity contribution in [2.24, 2.45) is 11.8 Å². The minimum Gasteiger partial charge on any atom is -0.459 e. The van der Waals surface area contributed by atoms with Crippen LogP contribution < -0.4 is 5.32 Å². The van der Waals surface area contributed by atoms with Gasteiger partial charge in [0.2, 0.25) is 17.7 Å². The highest BCUT2D eigenvalue weighted by molar-refractivity contribution is 6.05. The zero-order valence-corrected chi connectivity index (χ0v) is 15.4. The summed E-state index contributed by atoms with van der Waals surface area (Å²) in [6.07, 6.45) is 3.70. The van der Waals surface area contributed by atoms with Gasteiger partial charge in [0.25, 0.3) is 0 Å². The lowest BCUT2D eigenvalue weighted by atomic mass is 9.81. The highest BCUT2D eigenvalue weighted by Gasteiger charge is 2.47. The van der Waals surface area contributed by atoms with Crippen molar-refractivity contribution >= 4 is 28.7 Å². The number of likely N-dealkylation sites (tertiary alicyclic amines) is 1. The lowest BCUT2D eigenvalue weighted by Gasteiger charge is -2.19. The number of fused-ring (bicyclic) bond motifs is 2. The van der Waals surface area contributed by atoms with Crippen molar-refractivity contribution in [1.82, 2.24) is 10.2 Å². The molecule has 3 atom stereocenters. The van der Waals surface area contributed by atoms with Gasteiger partial charge < -0.3 is 9.73 Å². The number of nitrogens with zero attached hydrogens (tertiary/aromatic N) is 1. The minimum atomic E-state index is -0.280. The largest absolute Gasteiger partial charge is 0.459 e. The maximum absolute atomic E-state index is 12.5. The van der Waals surface area contributed by atoms with Crippen LogP contribution in [-0.4, -0.2) is 29.2 Å². The maximum atomic E-state index is 12.5. The molecule has 2 fully saturated rings. The van der Waals surface area contributed by atoms with Gasteiger partial charge in [-0.25, -0.2) is 0 Å². The van der Waals surface area contributed by atoms with Gasteiger partial charge in [-0.2, -0.15) is 0 Å². The monoisotopic (exact) mass is 368 g/mol. The van der Waals surface area contributed by atoms with E-state index < -0.39 is 0 Å². The van der Waals surface area contributed by atoms with Gasteiger partial charge in [-0.1, -0.05) is 31.0 Å². The van der Waals surface area contributed by atoms with Crippen molar-refractivity contribution in [3.8, 4) is 0 Å². The van der Waals surface area contributed by atoms with Crippen LogP contribution in [-0.2, 0) is 14.4 Å². The third kappa shape index (κ3) is 3.36. The van der Waals surface area contributed by atoms with Crippen LogP contribution in [0, 0.1) is 11.8 Å². The van der Waals surface area contributed by atoms with Crippen LogP contribution in [0.25, 0.3) is 11.0 Å². The zero-order chi connectivity index (χ0) is 19.0. The molecule has 1 saturated heterocycles. The maximum Gasteiger partial charge on any atom is 0.233 e. The first-order valence-corrected chi connectivity index (χ1v) is 9.67. The van der Waals surface area contributed by atoms with Gasteiger partial charge in [-0.15, -0.1) is 0 Å². The molecule has 27 heavy (non-hydrogen) atoms. The average Bonchev–Trinajstić information content (AvgIpc) is 3.21. The van der Waals surface area contributed by atoms with Crippen LogP contribution in [0.1, 0.15) is 50.8 Å². The SMILES string of the molecule is C[C@@H](NC(=O)CCN1C(=O)[C@H]2CCCC[C@@H]2C1=O)c1cc2ccccc2o1. The molecule has 2 aromatic rings. The molecular weight excluding hydrogens is 344 g/mol. The first-order chi connectivity index (χ1) is 13.0. The van der Waals surface area contributed by atoms with E-state index in [0.29, 0.717) is 5.76 Å². The Morgan fingerprint density at radius 3 is 2.52 bits per heavy atom. The average molecular weight is 368 g/mol. The second-order valence-electron chi connectivity index (χ2n) is 7.55. The quantitative estimate of drug-likeness (QED) is 0.822. The Morgan fingerprint density at radius 1 is 1.19 bits per heavy atom. The molecule has 2 heterocycles. The molecule has 0 radical (unpaired) electrons. The second-order valence-corrected chi connectivity index (χ2v) is 7.55. The molecule has 6 nitrogen and oxygen atoms in total. The fourth-order valence-corrected chi connectivity index (χ4v) is 4.27. The molecule has 0 unspecified atom stereocenters. The Kier molecular flexibility index (Phi) is 4.72. The van der Waals surface area contributed by atoms with E-state index in [9.17, 15) is 14.4 Å². The van der Waals surface area contributed by atoms with Crippen molar-refractivity contribution in [3.05, 3.63) is 36.1 Å². The summed E-state index contributed by atoms with van der Waals surface area (Å²) in [5, 5.41) is 3.88. The summed E-state index contributed by atoms with van der Waals surface area (Å²) >= 11 is 0. The standard InChI is InChI=1S/C21H24N2O4/c1-13(18-12-14-6-2-5-9-17(14)27-18)22-19(24)10-11-23-20(25)15-7-3-4-8-16(15)21(23)26/h2,5-6,9,12-13,15-16H,3-4,7-8,10-11H2,1H3,(H,22,24)/t13-,15+,16+/m1/s1. The van der Waals surface area contributed by atoms with Gasteiger partial charge in [-0.05, 0) is 31.9 Å². The Labute approximate surface area is 157 Å². The Balaban J connectivity index is 1.34. The van der Waals surface area contributed by atoms with Gasteiger partial charge in [0.1, 0.15) is 11.3 Å². The van der Waals surface area contributed by atoms with Gasteiger partial charge in [0, 0.05) is 18.4 Å². The van der Waals surface area contributed by atoms with E-state index in [1.807, 2.05) is 37.3 Å². The highest BCUT2D eigenvalue weighted by Crippen LogP contribution is 2.38. The van der Waals surface area contributed by atoms with E-state index in [-0.39, 0.29) is 48.6 Å². The number of furan rings is 1. The van der Waals surface area contributed by atoms with E-state index in [1.165, 1.54) is 4.90 Å². The van der Waals surface area contributed by atoms with E-state index in [1.54, 1.807) is 0 Å². The van der Waals surface area contributed by atoms with Crippen molar-refractivity contribution in [2.75, 3.05) is 6.54 Å². The third-order valence-corrected chi connectivity index (χ3v) is 5.74. The number of carbonyl (C=O) groups is 3. The van der Waals surface area contributed by atoms with Crippen LogP contribution in [0.2, 0.25) is 0 Å². The number of carbonyl (C=O) groups excluding carboxylic acids is 3. The van der Waals surface area contributed by atoms with Crippen LogP contribution in [0.15, 0.2) is 34.7 Å². The summed E-state index contributed by atoms with van der Waals surface area (Å²) in [5.74, 6) is -0.0273. The molecule has 1 aromatic heterocycles. The Hall–Kier alpha value is -2.63. The van der Waals surface area contributed by atoms with Crippen LogP contribution in [0.3, 0.4) is 0 Å². The van der Waals surface area contributed by atoms with E-state index >= 15 is 0 Å². The highest BCUT2D eigenvalue weighted by atomic mass is 16.3. The predicted molar refractivity (Wildman–Crippen MR) is 99.6 cm³/mol. The van der Waals surface area contributed by atoms with Crippen LogP contribution in [0.4, 0.5) is 0 Å². The smallest absolute Gasteiger partial charge is 0.233 e. The number of amides is 3. The fourth-order valence-electron chi connectivity index (χ4n) is 4.27. The van der Waals surface area contributed by atoms with E-state index in [4.69, 9.17) is 4.42 Å². The van der Waals surface area contributed by atoms with Crippen molar-refractivity contribution in [1.29, 1.82) is 0 Å².